The van der Waals surface area contributed by atoms with Crippen LogP contribution in [0.2, 0.25) is 0 Å². The number of anilines is 2. The molecule has 2 heterocycles. The van der Waals surface area contributed by atoms with Crippen molar-refractivity contribution in [3.8, 4) is 11.1 Å². The van der Waals surface area contributed by atoms with Gasteiger partial charge in [0.2, 0.25) is 10.0 Å². The smallest absolute Gasteiger partial charge is 0.284 e. The lowest BCUT2D eigenvalue weighted by atomic mass is 10.1. The quantitative estimate of drug-likeness (QED) is 0.404. The number of para-hydroxylation sites is 2. The van der Waals surface area contributed by atoms with E-state index in [1.54, 1.807) is 36.4 Å². The highest BCUT2D eigenvalue weighted by molar-refractivity contribution is 7.89. The van der Waals surface area contributed by atoms with Gasteiger partial charge in [0, 0.05) is 17.8 Å². The summed E-state index contributed by atoms with van der Waals surface area (Å²) in [6, 6.07) is 23.7. The fourth-order valence-electron chi connectivity index (χ4n) is 3.86. The van der Waals surface area contributed by atoms with Crippen molar-refractivity contribution >= 4 is 38.6 Å². The minimum absolute atomic E-state index is 0.191. The largest absolute Gasteiger partial charge is 0.397 e. The Balaban J connectivity index is 1.33. The first-order valence-electron chi connectivity index (χ1n) is 10.7. The number of hydrogen-bond acceptors (Lipinski definition) is 6. The Morgan fingerprint density at radius 3 is 2.35 bits per heavy atom. The second-order valence-corrected chi connectivity index (χ2v) is 10.9. The molecule has 0 unspecified atom stereocenters. The lowest BCUT2D eigenvalue weighted by Gasteiger charge is -2.25. The number of aromatic nitrogens is 1. The molecule has 3 aromatic carbocycles. The topological polar surface area (TPSA) is 105 Å². The third-order valence-electron chi connectivity index (χ3n) is 5.70. The van der Waals surface area contributed by atoms with Gasteiger partial charge in [0.25, 0.3) is 5.91 Å². The third-order valence-corrected chi connectivity index (χ3v) is 8.64. The van der Waals surface area contributed by atoms with Gasteiger partial charge in [-0.05, 0) is 35.4 Å². The average molecular weight is 491 g/mol. The van der Waals surface area contributed by atoms with Gasteiger partial charge in [0.15, 0.2) is 5.01 Å². The van der Waals surface area contributed by atoms with Crippen LogP contribution in [0.5, 0.6) is 0 Å². The Morgan fingerprint density at radius 2 is 1.62 bits per heavy atom. The normalized spacial score (nSPS) is 13.9. The third kappa shape index (κ3) is 4.33. The number of amides is 1. The first-order chi connectivity index (χ1) is 16.4. The minimum atomic E-state index is -3.67. The lowest BCUT2D eigenvalue weighted by Crippen LogP contribution is -2.35. The molecule has 9 heteroatoms. The molecule has 172 valence electrons. The van der Waals surface area contributed by atoms with E-state index < -0.39 is 10.0 Å². The van der Waals surface area contributed by atoms with Crippen molar-refractivity contribution in [2.75, 3.05) is 17.6 Å². The van der Waals surface area contributed by atoms with E-state index in [0.717, 1.165) is 21.7 Å². The molecular formula is C25H22N4O3S2. The highest BCUT2D eigenvalue weighted by Gasteiger charge is 2.31. The molecule has 1 amide bonds. The number of nitrogens with zero attached hydrogens (tertiary/aromatic N) is 2. The van der Waals surface area contributed by atoms with E-state index in [-0.39, 0.29) is 17.3 Å². The molecule has 0 saturated carbocycles. The van der Waals surface area contributed by atoms with Crippen LogP contribution in [0.3, 0.4) is 0 Å². The van der Waals surface area contributed by atoms with Crippen molar-refractivity contribution in [1.82, 2.24) is 9.29 Å². The Bertz CT molecular complexity index is 1450. The summed E-state index contributed by atoms with van der Waals surface area (Å²) in [4.78, 5) is 18.2. The molecule has 5 rings (SSSR count). The molecule has 3 N–H and O–H groups in total. The van der Waals surface area contributed by atoms with Gasteiger partial charge in [-0.15, -0.1) is 11.3 Å². The molecular weight excluding hydrogens is 468 g/mol. The zero-order valence-corrected chi connectivity index (χ0v) is 19.8. The van der Waals surface area contributed by atoms with Gasteiger partial charge >= 0.3 is 0 Å². The second kappa shape index (κ2) is 9.02. The first kappa shape index (κ1) is 22.3. The number of nitrogens with two attached hydrogens (primary N) is 1. The fraction of sp³-hybridized carbons (Fsp3) is 0.120. The fourth-order valence-corrected chi connectivity index (χ4v) is 6.37. The Labute approximate surface area is 201 Å². The number of rotatable bonds is 5. The van der Waals surface area contributed by atoms with Crippen molar-refractivity contribution in [2.45, 2.75) is 17.9 Å². The van der Waals surface area contributed by atoms with Crippen molar-refractivity contribution in [3.05, 3.63) is 94.4 Å². The van der Waals surface area contributed by atoms with Crippen molar-refractivity contribution in [3.63, 3.8) is 0 Å². The number of carbonyl (C=O) groups is 1. The van der Waals surface area contributed by atoms with Crippen LogP contribution in [0.25, 0.3) is 11.1 Å². The number of thiazole rings is 1. The van der Waals surface area contributed by atoms with Gasteiger partial charge in [0.05, 0.1) is 28.5 Å². The van der Waals surface area contributed by atoms with E-state index in [4.69, 9.17) is 5.73 Å². The summed E-state index contributed by atoms with van der Waals surface area (Å²) >= 11 is 1.21. The van der Waals surface area contributed by atoms with Gasteiger partial charge < -0.3 is 11.1 Å². The SMILES string of the molecule is Nc1ccccc1NC(=O)c1nc2c(s1)CN(S(=O)(=O)c1ccc(-c3ccccc3)cc1)CC2. The van der Waals surface area contributed by atoms with Crippen LogP contribution in [0.1, 0.15) is 20.4 Å². The molecule has 0 fully saturated rings. The Kier molecular flexibility index (Phi) is 5.91. The van der Waals surface area contributed by atoms with Gasteiger partial charge in [-0.25, -0.2) is 13.4 Å². The summed E-state index contributed by atoms with van der Waals surface area (Å²) in [7, 11) is -3.67. The maximum absolute atomic E-state index is 13.3. The number of nitrogen functional groups attached to an aromatic ring is 1. The molecule has 0 saturated heterocycles. The van der Waals surface area contributed by atoms with Crippen LogP contribution in [-0.2, 0) is 23.0 Å². The molecule has 7 nitrogen and oxygen atoms in total. The van der Waals surface area contributed by atoms with Gasteiger partial charge in [-0.3, -0.25) is 4.79 Å². The molecule has 0 aliphatic carbocycles. The maximum atomic E-state index is 13.3. The summed E-state index contributed by atoms with van der Waals surface area (Å²) in [6.07, 6.45) is 0.452. The summed E-state index contributed by atoms with van der Waals surface area (Å²) in [6.45, 7) is 0.503. The number of hydrogen-bond donors (Lipinski definition) is 2. The second-order valence-electron chi connectivity index (χ2n) is 7.91. The summed E-state index contributed by atoms with van der Waals surface area (Å²) in [5.41, 5.74) is 9.64. The van der Waals surface area contributed by atoms with Crippen LogP contribution >= 0.6 is 11.3 Å². The maximum Gasteiger partial charge on any atom is 0.284 e. The van der Waals surface area contributed by atoms with E-state index >= 15 is 0 Å². The molecule has 0 radical (unpaired) electrons. The lowest BCUT2D eigenvalue weighted by molar-refractivity contribution is 0.102. The number of nitrogens with one attached hydrogen (secondary N) is 1. The van der Waals surface area contributed by atoms with Crippen LogP contribution in [0.15, 0.2) is 83.8 Å². The van der Waals surface area contributed by atoms with Gasteiger partial charge in [-0.2, -0.15) is 4.31 Å². The van der Waals surface area contributed by atoms with Gasteiger partial charge in [0.1, 0.15) is 0 Å². The molecule has 34 heavy (non-hydrogen) atoms. The summed E-state index contributed by atoms with van der Waals surface area (Å²) < 4.78 is 28.0. The van der Waals surface area contributed by atoms with Crippen LogP contribution in [-0.4, -0.2) is 30.2 Å². The molecule has 0 atom stereocenters. The van der Waals surface area contributed by atoms with Crippen molar-refractivity contribution in [2.24, 2.45) is 0 Å². The highest BCUT2D eigenvalue weighted by Crippen LogP contribution is 2.30. The van der Waals surface area contributed by atoms with E-state index in [1.807, 2.05) is 42.5 Å². The molecule has 0 spiro atoms. The Hall–Kier alpha value is -3.53. The Morgan fingerprint density at radius 1 is 0.941 bits per heavy atom. The monoisotopic (exact) mass is 490 g/mol. The van der Waals surface area contributed by atoms with Crippen molar-refractivity contribution < 1.29 is 13.2 Å². The summed E-state index contributed by atoms with van der Waals surface area (Å²) in [5, 5.41) is 3.07. The van der Waals surface area contributed by atoms with Crippen molar-refractivity contribution in [1.29, 1.82) is 0 Å². The van der Waals surface area contributed by atoms with E-state index in [1.165, 1.54) is 15.6 Å². The number of benzene rings is 3. The molecule has 4 aromatic rings. The first-order valence-corrected chi connectivity index (χ1v) is 13.0. The van der Waals surface area contributed by atoms with Crippen LogP contribution < -0.4 is 11.1 Å². The van der Waals surface area contributed by atoms with Crippen LogP contribution in [0, 0.1) is 0 Å². The summed E-state index contributed by atoms with van der Waals surface area (Å²) in [5.74, 6) is -0.358. The molecule has 1 aliphatic heterocycles. The zero-order chi connectivity index (χ0) is 23.7. The van der Waals surface area contributed by atoms with Gasteiger partial charge in [-0.1, -0.05) is 54.6 Å². The number of sulfonamides is 1. The number of carbonyl (C=O) groups excluding carboxylic acids is 1. The average Bonchev–Trinajstić information content (AvgIpc) is 3.30. The minimum Gasteiger partial charge on any atom is -0.397 e. The van der Waals surface area contributed by atoms with E-state index in [0.29, 0.717) is 29.3 Å². The highest BCUT2D eigenvalue weighted by atomic mass is 32.2. The number of fused-ring (bicyclic) bond motifs is 1. The molecule has 1 aliphatic rings. The van der Waals surface area contributed by atoms with E-state index in [2.05, 4.69) is 10.3 Å². The molecule has 0 bridgehead atoms. The van der Waals surface area contributed by atoms with Crippen LogP contribution in [0.4, 0.5) is 11.4 Å². The predicted molar refractivity (Wildman–Crippen MR) is 134 cm³/mol. The predicted octanol–water partition coefficient (Wildman–Crippen LogP) is 4.39. The molecule has 1 aromatic heterocycles. The standard InChI is InChI=1S/C25H22N4O3S2/c26-20-8-4-5-9-21(20)27-24(30)25-28-22-14-15-29(16-23(22)33-25)34(31,32)19-12-10-18(11-13-19)17-6-2-1-3-7-17/h1-13H,14-16,26H2,(H,27,30). The van der Waals surface area contributed by atoms with E-state index in [9.17, 15) is 13.2 Å². The zero-order valence-electron chi connectivity index (χ0n) is 18.1.